The first-order valence-corrected chi connectivity index (χ1v) is 5.33. The standard InChI is InChI=1S/C12H22O2/c1-10(2)12(4)6-5-11(3)7-8-14-9-13/h7-12H,5-6H2,1-4H3. The van der Waals surface area contributed by atoms with Gasteiger partial charge in [0.15, 0.2) is 0 Å². The van der Waals surface area contributed by atoms with Gasteiger partial charge in [0.1, 0.15) is 0 Å². The van der Waals surface area contributed by atoms with Crippen LogP contribution in [0.25, 0.3) is 0 Å². The molecule has 0 rings (SSSR count). The fraction of sp³-hybridized carbons (Fsp3) is 0.750. The third kappa shape index (κ3) is 6.70. The molecular formula is C12H22O2. The van der Waals surface area contributed by atoms with Gasteiger partial charge in [-0.1, -0.05) is 27.7 Å². The molecule has 0 saturated heterocycles. The van der Waals surface area contributed by atoms with Crippen molar-refractivity contribution in [1.29, 1.82) is 0 Å². The van der Waals surface area contributed by atoms with E-state index in [1.165, 1.54) is 12.7 Å². The van der Waals surface area contributed by atoms with Gasteiger partial charge in [-0.2, -0.15) is 0 Å². The maximum Gasteiger partial charge on any atom is 0.297 e. The third-order valence-electron chi connectivity index (χ3n) is 2.76. The molecule has 2 heteroatoms. The first kappa shape index (κ1) is 13.2. The Hall–Kier alpha value is -0.790. The van der Waals surface area contributed by atoms with E-state index < -0.39 is 0 Å². The number of rotatable bonds is 7. The Balaban J connectivity index is 3.62. The maximum atomic E-state index is 9.87. The van der Waals surface area contributed by atoms with Gasteiger partial charge >= 0.3 is 0 Å². The molecule has 0 aromatic rings. The van der Waals surface area contributed by atoms with E-state index in [1.807, 2.05) is 6.08 Å². The Bertz CT molecular complexity index is 173. The predicted octanol–water partition coefficient (Wildman–Crippen LogP) is 3.38. The summed E-state index contributed by atoms with van der Waals surface area (Å²) in [5, 5.41) is 0. The normalized spacial score (nSPS) is 15.8. The van der Waals surface area contributed by atoms with Gasteiger partial charge in [-0.05, 0) is 36.7 Å². The summed E-state index contributed by atoms with van der Waals surface area (Å²) >= 11 is 0. The molecule has 0 fully saturated rings. The molecule has 0 heterocycles. The van der Waals surface area contributed by atoms with Crippen molar-refractivity contribution >= 4 is 6.47 Å². The van der Waals surface area contributed by atoms with Crippen molar-refractivity contribution in [3.8, 4) is 0 Å². The van der Waals surface area contributed by atoms with Crippen LogP contribution in [-0.4, -0.2) is 6.47 Å². The Morgan fingerprint density at radius 3 is 2.29 bits per heavy atom. The summed E-state index contributed by atoms with van der Waals surface area (Å²) in [5.41, 5.74) is 0. The monoisotopic (exact) mass is 198 g/mol. The summed E-state index contributed by atoms with van der Waals surface area (Å²) in [6.07, 6.45) is 5.78. The molecule has 2 nitrogen and oxygen atoms in total. The molecule has 0 bridgehead atoms. The van der Waals surface area contributed by atoms with E-state index in [0.717, 1.165) is 18.3 Å². The number of hydrogen-bond acceptors (Lipinski definition) is 2. The molecule has 82 valence electrons. The second kappa shape index (κ2) is 7.60. The Kier molecular flexibility index (Phi) is 7.17. The predicted molar refractivity (Wildman–Crippen MR) is 58.7 cm³/mol. The minimum atomic E-state index is 0.444. The summed E-state index contributed by atoms with van der Waals surface area (Å²) in [6.45, 7) is 9.36. The van der Waals surface area contributed by atoms with Gasteiger partial charge in [0.2, 0.25) is 0 Å². The lowest BCUT2D eigenvalue weighted by Crippen LogP contribution is -2.05. The lowest BCUT2D eigenvalue weighted by Gasteiger charge is -2.16. The van der Waals surface area contributed by atoms with Crippen molar-refractivity contribution in [3.05, 3.63) is 12.3 Å². The zero-order valence-corrected chi connectivity index (χ0v) is 9.69. The molecule has 0 aliphatic heterocycles. The van der Waals surface area contributed by atoms with Crippen LogP contribution in [0.1, 0.15) is 40.5 Å². The Morgan fingerprint density at radius 2 is 1.79 bits per heavy atom. The van der Waals surface area contributed by atoms with Crippen LogP contribution >= 0.6 is 0 Å². The van der Waals surface area contributed by atoms with Crippen LogP contribution in [0, 0.1) is 17.8 Å². The molecule has 2 atom stereocenters. The molecule has 0 aromatic heterocycles. The quantitative estimate of drug-likeness (QED) is 0.463. The highest BCUT2D eigenvalue weighted by molar-refractivity contribution is 5.38. The summed E-state index contributed by atoms with van der Waals surface area (Å²) in [7, 11) is 0. The van der Waals surface area contributed by atoms with Crippen LogP contribution in [0.5, 0.6) is 0 Å². The molecule has 0 aromatic carbocycles. The number of hydrogen-bond donors (Lipinski definition) is 0. The minimum Gasteiger partial charge on any atom is -0.437 e. The largest absolute Gasteiger partial charge is 0.437 e. The van der Waals surface area contributed by atoms with Gasteiger partial charge in [0.25, 0.3) is 6.47 Å². The number of ether oxygens (including phenoxy) is 1. The van der Waals surface area contributed by atoms with Crippen LogP contribution in [0.15, 0.2) is 12.3 Å². The molecule has 0 aliphatic carbocycles. The smallest absolute Gasteiger partial charge is 0.297 e. The number of carbonyl (C=O) groups is 1. The zero-order valence-electron chi connectivity index (χ0n) is 9.69. The summed E-state index contributed by atoms with van der Waals surface area (Å²) in [4.78, 5) is 9.87. The Labute approximate surface area is 87.3 Å². The highest BCUT2D eigenvalue weighted by atomic mass is 16.5. The molecule has 0 aliphatic rings. The number of carbonyl (C=O) groups excluding carboxylic acids is 1. The van der Waals surface area contributed by atoms with Crippen molar-refractivity contribution in [2.24, 2.45) is 17.8 Å². The van der Waals surface area contributed by atoms with Crippen LogP contribution in [-0.2, 0) is 9.53 Å². The third-order valence-corrected chi connectivity index (χ3v) is 2.76. The van der Waals surface area contributed by atoms with Crippen molar-refractivity contribution in [3.63, 3.8) is 0 Å². The molecule has 0 N–H and O–H groups in total. The van der Waals surface area contributed by atoms with Crippen LogP contribution in [0.4, 0.5) is 0 Å². The van der Waals surface area contributed by atoms with Crippen molar-refractivity contribution < 1.29 is 9.53 Å². The average molecular weight is 198 g/mol. The SMILES string of the molecule is CC(C=COC=O)CCC(C)C(C)C. The van der Waals surface area contributed by atoms with Crippen molar-refractivity contribution in [2.45, 2.75) is 40.5 Å². The fourth-order valence-corrected chi connectivity index (χ4v) is 1.17. The fourth-order valence-electron chi connectivity index (χ4n) is 1.17. The molecule has 0 saturated carbocycles. The van der Waals surface area contributed by atoms with Gasteiger partial charge < -0.3 is 4.74 Å². The van der Waals surface area contributed by atoms with Crippen LogP contribution < -0.4 is 0 Å². The highest BCUT2D eigenvalue weighted by Crippen LogP contribution is 2.19. The molecule has 0 spiro atoms. The first-order valence-electron chi connectivity index (χ1n) is 5.33. The van der Waals surface area contributed by atoms with Crippen molar-refractivity contribution in [2.75, 3.05) is 0 Å². The van der Waals surface area contributed by atoms with Gasteiger partial charge in [0, 0.05) is 0 Å². The van der Waals surface area contributed by atoms with E-state index in [-0.39, 0.29) is 0 Å². The summed E-state index contributed by atoms with van der Waals surface area (Å²) in [6, 6.07) is 0. The average Bonchev–Trinajstić information content (AvgIpc) is 2.14. The van der Waals surface area contributed by atoms with Gasteiger partial charge in [-0.15, -0.1) is 0 Å². The maximum absolute atomic E-state index is 9.87. The summed E-state index contributed by atoms with van der Waals surface area (Å²) in [5.74, 6) is 1.99. The Morgan fingerprint density at radius 1 is 1.14 bits per heavy atom. The topological polar surface area (TPSA) is 26.3 Å². The molecule has 2 unspecified atom stereocenters. The minimum absolute atomic E-state index is 0.444. The van der Waals surface area contributed by atoms with E-state index in [4.69, 9.17) is 0 Å². The first-order chi connectivity index (χ1) is 6.57. The number of allylic oxidation sites excluding steroid dienone is 1. The van der Waals surface area contributed by atoms with E-state index in [9.17, 15) is 4.79 Å². The molecule has 14 heavy (non-hydrogen) atoms. The lowest BCUT2D eigenvalue weighted by molar-refractivity contribution is -0.123. The molecule has 0 radical (unpaired) electrons. The van der Waals surface area contributed by atoms with E-state index in [0.29, 0.717) is 12.4 Å². The molecule has 0 amide bonds. The zero-order chi connectivity index (χ0) is 11.0. The molecular weight excluding hydrogens is 176 g/mol. The second-order valence-corrected chi connectivity index (χ2v) is 4.34. The van der Waals surface area contributed by atoms with Gasteiger partial charge in [-0.3, -0.25) is 4.79 Å². The highest BCUT2D eigenvalue weighted by Gasteiger charge is 2.08. The van der Waals surface area contributed by atoms with Crippen molar-refractivity contribution in [1.82, 2.24) is 0 Å². The van der Waals surface area contributed by atoms with E-state index in [2.05, 4.69) is 32.4 Å². The second-order valence-electron chi connectivity index (χ2n) is 4.34. The lowest BCUT2D eigenvalue weighted by atomic mass is 9.90. The van der Waals surface area contributed by atoms with Gasteiger partial charge in [0.05, 0.1) is 6.26 Å². The van der Waals surface area contributed by atoms with Gasteiger partial charge in [-0.25, -0.2) is 0 Å². The van der Waals surface area contributed by atoms with Crippen LogP contribution in [0.2, 0.25) is 0 Å². The van der Waals surface area contributed by atoms with E-state index >= 15 is 0 Å². The van der Waals surface area contributed by atoms with E-state index in [1.54, 1.807) is 0 Å². The summed E-state index contributed by atoms with van der Waals surface area (Å²) < 4.78 is 4.50. The van der Waals surface area contributed by atoms with Crippen LogP contribution in [0.3, 0.4) is 0 Å².